The van der Waals surface area contributed by atoms with Crippen molar-refractivity contribution in [2.45, 2.75) is 12.0 Å². The average Bonchev–Trinajstić information content (AvgIpc) is 2.63. The first kappa shape index (κ1) is 11.6. The van der Waals surface area contributed by atoms with Gasteiger partial charge < -0.3 is 14.8 Å². The molecule has 0 spiro atoms. The van der Waals surface area contributed by atoms with Crippen LogP contribution in [0.1, 0.15) is 17.5 Å². The standard InChI is InChI=1S/C9H11NO4S/c1-2-10-7(11)5-15-8-4-3-6(14-8)9(12)13/h3-4H,2,5H2,1H3,(H,10,11)(H,12,13). The fraction of sp³-hybridized carbons (Fsp3) is 0.333. The van der Waals surface area contributed by atoms with Gasteiger partial charge in [0.2, 0.25) is 11.7 Å². The van der Waals surface area contributed by atoms with Gasteiger partial charge in [0.05, 0.1) is 5.75 Å². The normalized spacial score (nSPS) is 9.93. The Hall–Kier alpha value is -1.43. The molecule has 0 unspecified atom stereocenters. The first-order chi connectivity index (χ1) is 7.13. The first-order valence-corrected chi connectivity index (χ1v) is 5.34. The first-order valence-electron chi connectivity index (χ1n) is 4.36. The van der Waals surface area contributed by atoms with Crippen LogP contribution in [0.5, 0.6) is 0 Å². The zero-order valence-electron chi connectivity index (χ0n) is 8.15. The third-order valence-corrected chi connectivity index (χ3v) is 2.42. The van der Waals surface area contributed by atoms with Crippen molar-refractivity contribution < 1.29 is 19.1 Å². The maximum atomic E-state index is 11.1. The highest BCUT2D eigenvalue weighted by Gasteiger charge is 2.10. The van der Waals surface area contributed by atoms with Gasteiger partial charge >= 0.3 is 5.97 Å². The fourth-order valence-corrected chi connectivity index (χ4v) is 1.59. The van der Waals surface area contributed by atoms with E-state index in [0.29, 0.717) is 11.6 Å². The Labute approximate surface area is 90.8 Å². The predicted molar refractivity (Wildman–Crippen MR) is 55.1 cm³/mol. The second-order valence-corrected chi connectivity index (χ2v) is 3.65. The highest BCUT2D eigenvalue weighted by Crippen LogP contribution is 2.20. The van der Waals surface area contributed by atoms with Crippen LogP contribution >= 0.6 is 11.8 Å². The van der Waals surface area contributed by atoms with Crippen molar-refractivity contribution in [2.75, 3.05) is 12.3 Å². The summed E-state index contributed by atoms with van der Waals surface area (Å²) in [6, 6.07) is 2.90. The highest BCUT2D eigenvalue weighted by atomic mass is 32.2. The molecule has 0 fully saturated rings. The summed E-state index contributed by atoms with van der Waals surface area (Å²) in [5, 5.41) is 11.6. The van der Waals surface area contributed by atoms with Gasteiger partial charge in [0, 0.05) is 6.54 Å². The molecule has 0 aromatic carbocycles. The summed E-state index contributed by atoms with van der Waals surface area (Å²) in [5.41, 5.74) is 0. The van der Waals surface area contributed by atoms with Crippen LogP contribution in [-0.2, 0) is 4.79 Å². The van der Waals surface area contributed by atoms with Crippen LogP contribution in [0.3, 0.4) is 0 Å². The Kier molecular flexibility index (Phi) is 4.23. The minimum atomic E-state index is -1.11. The number of aromatic carboxylic acids is 1. The van der Waals surface area contributed by atoms with E-state index in [1.807, 2.05) is 6.92 Å². The van der Waals surface area contributed by atoms with E-state index in [2.05, 4.69) is 5.32 Å². The highest BCUT2D eigenvalue weighted by molar-refractivity contribution is 7.99. The number of carbonyl (C=O) groups is 2. The number of rotatable bonds is 5. The molecule has 15 heavy (non-hydrogen) atoms. The SMILES string of the molecule is CCNC(=O)CSc1ccc(C(=O)O)o1. The lowest BCUT2D eigenvalue weighted by Gasteiger charge is -1.99. The zero-order valence-corrected chi connectivity index (χ0v) is 8.97. The molecule has 1 heterocycles. The van der Waals surface area contributed by atoms with E-state index >= 15 is 0 Å². The Morgan fingerprint density at radius 1 is 1.53 bits per heavy atom. The van der Waals surface area contributed by atoms with Crippen molar-refractivity contribution in [2.24, 2.45) is 0 Å². The predicted octanol–water partition coefficient (Wildman–Crippen LogP) is 1.21. The van der Waals surface area contributed by atoms with E-state index in [4.69, 9.17) is 9.52 Å². The summed E-state index contributed by atoms with van der Waals surface area (Å²) >= 11 is 1.16. The summed E-state index contributed by atoms with van der Waals surface area (Å²) in [6.07, 6.45) is 0. The van der Waals surface area contributed by atoms with Gasteiger partial charge in [0.15, 0.2) is 5.09 Å². The molecule has 1 rings (SSSR count). The molecule has 5 nitrogen and oxygen atoms in total. The molecular formula is C9H11NO4S. The summed E-state index contributed by atoms with van der Waals surface area (Å²) < 4.78 is 4.96. The molecule has 0 saturated heterocycles. The van der Waals surface area contributed by atoms with E-state index in [-0.39, 0.29) is 17.4 Å². The topological polar surface area (TPSA) is 79.5 Å². The van der Waals surface area contributed by atoms with Gasteiger partial charge in [-0.15, -0.1) is 0 Å². The Balaban J connectivity index is 2.44. The smallest absolute Gasteiger partial charge is 0.371 e. The number of furan rings is 1. The Bertz CT molecular complexity index is 361. The maximum absolute atomic E-state index is 11.1. The van der Waals surface area contributed by atoms with Gasteiger partial charge in [-0.1, -0.05) is 11.8 Å². The molecule has 0 aliphatic carbocycles. The quantitative estimate of drug-likeness (QED) is 0.742. The van der Waals surface area contributed by atoms with Crippen molar-refractivity contribution in [3.05, 3.63) is 17.9 Å². The number of carboxylic acids is 1. The Morgan fingerprint density at radius 2 is 2.27 bits per heavy atom. The van der Waals surface area contributed by atoms with Gasteiger partial charge in [-0.05, 0) is 19.1 Å². The van der Waals surface area contributed by atoms with Crippen molar-refractivity contribution in [3.63, 3.8) is 0 Å². The molecule has 6 heteroatoms. The molecular weight excluding hydrogens is 218 g/mol. The molecule has 1 aromatic heterocycles. The van der Waals surface area contributed by atoms with Crippen molar-refractivity contribution in [1.29, 1.82) is 0 Å². The summed E-state index contributed by atoms with van der Waals surface area (Å²) in [6.45, 7) is 2.41. The lowest BCUT2D eigenvalue weighted by Crippen LogP contribution is -2.24. The lowest BCUT2D eigenvalue weighted by molar-refractivity contribution is -0.118. The summed E-state index contributed by atoms with van der Waals surface area (Å²) in [5.74, 6) is -1.11. The van der Waals surface area contributed by atoms with Gasteiger partial charge in [-0.3, -0.25) is 4.79 Å². The van der Waals surface area contributed by atoms with E-state index in [1.165, 1.54) is 12.1 Å². The fourth-order valence-electron chi connectivity index (χ4n) is 0.898. The molecule has 0 aliphatic rings. The number of amides is 1. The van der Waals surface area contributed by atoms with Crippen LogP contribution < -0.4 is 5.32 Å². The van der Waals surface area contributed by atoms with E-state index in [9.17, 15) is 9.59 Å². The number of hydrogen-bond donors (Lipinski definition) is 2. The monoisotopic (exact) mass is 229 g/mol. The minimum Gasteiger partial charge on any atom is -0.475 e. The number of thioether (sulfide) groups is 1. The third kappa shape index (κ3) is 3.67. The number of nitrogens with one attached hydrogen (secondary N) is 1. The zero-order chi connectivity index (χ0) is 11.3. The van der Waals surface area contributed by atoms with Crippen LogP contribution in [0.4, 0.5) is 0 Å². The molecule has 0 atom stereocenters. The third-order valence-electron chi connectivity index (χ3n) is 1.51. The van der Waals surface area contributed by atoms with Crippen LogP contribution in [-0.4, -0.2) is 29.3 Å². The van der Waals surface area contributed by atoms with E-state index in [1.54, 1.807) is 0 Å². The minimum absolute atomic E-state index is 0.101. The van der Waals surface area contributed by atoms with Crippen LogP contribution in [0.15, 0.2) is 21.6 Å². The second-order valence-electron chi connectivity index (χ2n) is 2.67. The number of carboxylic acid groups (broad SMARTS) is 1. The molecule has 0 aliphatic heterocycles. The maximum Gasteiger partial charge on any atom is 0.371 e. The van der Waals surface area contributed by atoms with E-state index < -0.39 is 5.97 Å². The van der Waals surface area contributed by atoms with Crippen molar-refractivity contribution in [3.8, 4) is 0 Å². The van der Waals surface area contributed by atoms with Crippen molar-refractivity contribution in [1.82, 2.24) is 5.32 Å². The molecule has 1 amide bonds. The van der Waals surface area contributed by atoms with Crippen LogP contribution in [0.2, 0.25) is 0 Å². The Morgan fingerprint density at radius 3 is 2.80 bits per heavy atom. The molecule has 0 radical (unpaired) electrons. The van der Waals surface area contributed by atoms with Gasteiger partial charge in [0.25, 0.3) is 0 Å². The second kappa shape index (κ2) is 5.45. The van der Waals surface area contributed by atoms with Crippen molar-refractivity contribution >= 4 is 23.6 Å². The van der Waals surface area contributed by atoms with E-state index in [0.717, 1.165) is 11.8 Å². The summed E-state index contributed by atoms with van der Waals surface area (Å²) in [7, 11) is 0. The molecule has 82 valence electrons. The molecule has 1 aromatic rings. The number of hydrogen-bond acceptors (Lipinski definition) is 4. The lowest BCUT2D eigenvalue weighted by atomic mass is 10.5. The molecule has 2 N–H and O–H groups in total. The molecule has 0 bridgehead atoms. The average molecular weight is 229 g/mol. The summed E-state index contributed by atoms with van der Waals surface area (Å²) in [4.78, 5) is 21.5. The van der Waals surface area contributed by atoms with Crippen LogP contribution in [0, 0.1) is 0 Å². The van der Waals surface area contributed by atoms with Crippen LogP contribution in [0.25, 0.3) is 0 Å². The number of carbonyl (C=O) groups excluding carboxylic acids is 1. The largest absolute Gasteiger partial charge is 0.475 e. The van der Waals surface area contributed by atoms with Gasteiger partial charge in [-0.2, -0.15) is 0 Å². The van der Waals surface area contributed by atoms with Gasteiger partial charge in [0.1, 0.15) is 0 Å². The molecule has 0 saturated carbocycles. The van der Waals surface area contributed by atoms with Gasteiger partial charge in [-0.25, -0.2) is 4.79 Å².